The summed E-state index contributed by atoms with van der Waals surface area (Å²) in [5.74, 6) is -0.977. The minimum atomic E-state index is -0.977. The van der Waals surface area contributed by atoms with Crippen LogP contribution >= 0.6 is 11.8 Å². The van der Waals surface area contributed by atoms with Gasteiger partial charge in [-0.25, -0.2) is 9.78 Å². The molecule has 0 atom stereocenters. The zero-order chi connectivity index (χ0) is 19.7. The van der Waals surface area contributed by atoms with Crippen LogP contribution in [0.4, 0.5) is 0 Å². The maximum atomic E-state index is 11.9. The van der Waals surface area contributed by atoms with Crippen molar-refractivity contribution in [3.05, 3.63) is 82.5 Å². The Morgan fingerprint density at radius 3 is 2.54 bits per heavy atom. The van der Waals surface area contributed by atoms with Crippen LogP contribution in [0.2, 0.25) is 0 Å². The van der Waals surface area contributed by atoms with E-state index in [2.05, 4.69) is 14.5 Å². The van der Waals surface area contributed by atoms with Crippen molar-refractivity contribution in [1.29, 1.82) is 0 Å². The highest BCUT2D eigenvalue weighted by molar-refractivity contribution is 8.04. The van der Waals surface area contributed by atoms with Gasteiger partial charge in [-0.2, -0.15) is 0 Å². The van der Waals surface area contributed by atoms with Crippen molar-refractivity contribution in [2.75, 3.05) is 0 Å². The molecule has 0 fully saturated rings. The summed E-state index contributed by atoms with van der Waals surface area (Å²) in [4.78, 5) is 19.7. The molecule has 2 heterocycles. The van der Waals surface area contributed by atoms with Crippen LogP contribution in [0.5, 0.6) is 0 Å². The number of nitrogens with zero attached hydrogens (tertiary/aromatic N) is 2. The van der Waals surface area contributed by atoms with Crippen molar-refractivity contribution in [3.63, 3.8) is 0 Å². The number of rotatable bonds is 5. The third-order valence-corrected chi connectivity index (χ3v) is 5.46. The van der Waals surface area contributed by atoms with Crippen molar-refractivity contribution in [1.82, 2.24) is 14.5 Å². The number of aromatic amines is 1. The fraction of sp³-hybridized carbons (Fsp3) is 0.0909. The lowest BCUT2D eigenvalue weighted by molar-refractivity contribution is -0.131. The number of nitrogens with one attached hydrogen (secondary N) is 1. The number of carboxylic acid groups (broad SMARTS) is 1. The number of hydrogen-bond donors (Lipinski definition) is 2. The van der Waals surface area contributed by atoms with Gasteiger partial charge >= 0.3 is 5.97 Å². The van der Waals surface area contributed by atoms with E-state index in [0.29, 0.717) is 5.16 Å². The van der Waals surface area contributed by atoms with Crippen LogP contribution in [0, 0.1) is 13.8 Å². The number of carbonyl (C=O) groups is 1. The summed E-state index contributed by atoms with van der Waals surface area (Å²) in [5.41, 5.74) is 5.68. The molecule has 2 aromatic heterocycles. The van der Waals surface area contributed by atoms with Gasteiger partial charge in [0.15, 0.2) is 5.16 Å². The van der Waals surface area contributed by atoms with Gasteiger partial charge in [0, 0.05) is 17.1 Å². The first-order valence-corrected chi connectivity index (χ1v) is 9.66. The van der Waals surface area contributed by atoms with Crippen LogP contribution in [-0.2, 0) is 4.79 Å². The number of aryl methyl sites for hydroxylation is 1. The topological polar surface area (TPSA) is 70.9 Å². The molecule has 4 aromatic rings. The number of thioether (sulfide) groups is 1. The maximum absolute atomic E-state index is 11.9. The molecule has 0 amide bonds. The first-order chi connectivity index (χ1) is 13.5. The summed E-state index contributed by atoms with van der Waals surface area (Å²) < 4.78 is 2.12. The molecule has 0 bridgehead atoms. The minimum Gasteiger partial charge on any atom is -0.477 e. The van der Waals surface area contributed by atoms with Crippen LogP contribution < -0.4 is 0 Å². The van der Waals surface area contributed by atoms with Gasteiger partial charge in [0.2, 0.25) is 0 Å². The number of imidazole rings is 1. The molecular formula is C22H19N3O2S. The standard InChI is InChI=1S/C22H19N3O2S/c1-14-12-16(15(2)25(14)17-8-4-3-5-9-17)13-20(21(26)27)28-22-23-18-10-6-7-11-19(18)24-22/h3-13H,1-2H3,(H,23,24)(H,26,27)/b20-13-. The Hall–Kier alpha value is -3.25. The number of hydrogen-bond acceptors (Lipinski definition) is 3. The highest BCUT2D eigenvalue weighted by Gasteiger charge is 2.16. The average molecular weight is 389 g/mol. The molecular weight excluding hydrogens is 370 g/mol. The monoisotopic (exact) mass is 389 g/mol. The molecule has 2 N–H and O–H groups in total. The molecule has 6 heteroatoms. The third-order valence-electron chi connectivity index (χ3n) is 4.56. The molecule has 0 aliphatic rings. The molecule has 0 saturated carbocycles. The van der Waals surface area contributed by atoms with Gasteiger partial charge < -0.3 is 14.7 Å². The highest BCUT2D eigenvalue weighted by atomic mass is 32.2. The number of fused-ring (bicyclic) bond motifs is 1. The van der Waals surface area contributed by atoms with Crippen LogP contribution in [0.1, 0.15) is 17.0 Å². The first kappa shape index (κ1) is 18.1. The predicted molar refractivity (Wildman–Crippen MR) is 113 cm³/mol. The third kappa shape index (κ3) is 3.46. The Morgan fingerprint density at radius 1 is 1.11 bits per heavy atom. The Balaban J connectivity index is 1.71. The van der Waals surface area contributed by atoms with Crippen LogP contribution in [0.3, 0.4) is 0 Å². The largest absolute Gasteiger partial charge is 0.477 e. The van der Waals surface area contributed by atoms with Gasteiger partial charge in [0.25, 0.3) is 0 Å². The highest BCUT2D eigenvalue weighted by Crippen LogP contribution is 2.30. The quantitative estimate of drug-likeness (QED) is 0.364. The normalized spacial score (nSPS) is 11.9. The lowest BCUT2D eigenvalue weighted by Crippen LogP contribution is -1.99. The molecule has 5 nitrogen and oxygen atoms in total. The molecule has 0 radical (unpaired) electrons. The van der Waals surface area contributed by atoms with Crippen LogP contribution in [0.25, 0.3) is 22.8 Å². The van der Waals surface area contributed by atoms with E-state index in [9.17, 15) is 9.90 Å². The van der Waals surface area contributed by atoms with Gasteiger partial charge in [-0.1, -0.05) is 30.3 Å². The second kappa shape index (κ2) is 7.40. The van der Waals surface area contributed by atoms with Gasteiger partial charge in [-0.3, -0.25) is 0 Å². The summed E-state index contributed by atoms with van der Waals surface area (Å²) in [5, 5.41) is 10.3. The zero-order valence-electron chi connectivity index (χ0n) is 15.5. The Kier molecular flexibility index (Phi) is 4.79. The molecule has 140 valence electrons. The van der Waals surface area contributed by atoms with Crippen LogP contribution in [0.15, 0.2) is 70.7 Å². The number of aliphatic carboxylic acids is 1. The van der Waals surface area contributed by atoms with Crippen molar-refractivity contribution in [2.24, 2.45) is 0 Å². The van der Waals surface area contributed by atoms with E-state index in [-0.39, 0.29) is 4.91 Å². The maximum Gasteiger partial charge on any atom is 0.342 e. The number of para-hydroxylation sites is 3. The molecule has 0 aliphatic carbocycles. The average Bonchev–Trinajstić information content (AvgIpc) is 3.21. The minimum absolute atomic E-state index is 0.215. The Bertz CT molecular complexity index is 1160. The molecule has 0 saturated heterocycles. The molecule has 4 rings (SSSR count). The SMILES string of the molecule is Cc1cc(/C=C(\Sc2nc3ccccc3[nH]2)C(=O)O)c(C)n1-c1ccccc1. The van der Waals surface area contributed by atoms with E-state index in [1.165, 1.54) is 0 Å². The molecule has 0 unspecified atom stereocenters. The van der Waals surface area contributed by atoms with E-state index >= 15 is 0 Å². The van der Waals surface area contributed by atoms with E-state index in [1.54, 1.807) is 6.08 Å². The van der Waals surface area contributed by atoms with E-state index in [4.69, 9.17) is 0 Å². The van der Waals surface area contributed by atoms with E-state index in [0.717, 1.165) is 45.4 Å². The first-order valence-electron chi connectivity index (χ1n) is 8.85. The van der Waals surface area contributed by atoms with E-state index in [1.807, 2.05) is 74.5 Å². The zero-order valence-corrected chi connectivity index (χ0v) is 16.3. The molecule has 28 heavy (non-hydrogen) atoms. The van der Waals surface area contributed by atoms with Crippen LogP contribution in [-0.4, -0.2) is 25.6 Å². The summed E-state index contributed by atoms with van der Waals surface area (Å²) in [7, 11) is 0. The van der Waals surface area contributed by atoms with E-state index < -0.39 is 5.97 Å². The Labute approximate surface area is 166 Å². The van der Waals surface area contributed by atoms with Crippen molar-refractivity contribution in [3.8, 4) is 5.69 Å². The fourth-order valence-corrected chi connectivity index (χ4v) is 4.05. The van der Waals surface area contributed by atoms with Crippen molar-refractivity contribution >= 4 is 34.8 Å². The predicted octanol–water partition coefficient (Wildman–Crippen LogP) is 5.19. The molecule has 2 aromatic carbocycles. The summed E-state index contributed by atoms with van der Waals surface area (Å²) in [6, 6.07) is 19.7. The van der Waals surface area contributed by atoms with Gasteiger partial charge in [-0.05, 0) is 67.6 Å². The fourth-order valence-electron chi connectivity index (χ4n) is 3.27. The van der Waals surface area contributed by atoms with Gasteiger partial charge in [-0.15, -0.1) is 0 Å². The number of H-pyrrole nitrogens is 1. The molecule has 0 aliphatic heterocycles. The van der Waals surface area contributed by atoms with Crippen molar-refractivity contribution in [2.45, 2.75) is 19.0 Å². The second-order valence-electron chi connectivity index (χ2n) is 6.47. The Morgan fingerprint density at radius 2 is 1.82 bits per heavy atom. The van der Waals surface area contributed by atoms with Gasteiger partial charge in [0.05, 0.1) is 11.0 Å². The number of benzene rings is 2. The van der Waals surface area contributed by atoms with Crippen molar-refractivity contribution < 1.29 is 9.90 Å². The van der Waals surface area contributed by atoms with Gasteiger partial charge in [0.1, 0.15) is 4.91 Å². The second-order valence-corrected chi connectivity index (χ2v) is 7.50. The molecule has 0 spiro atoms. The summed E-state index contributed by atoms with van der Waals surface area (Å²) in [6.07, 6.45) is 1.71. The summed E-state index contributed by atoms with van der Waals surface area (Å²) in [6.45, 7) is 4.02. The lowest BCUT2D eigenvalue weighted by atomic mass is 10.2. The lowest BCUT2D eigenvalue weighted by Gasteiger charge is -2.09. The summed E-state index contributed by atoms with van der Waals surface area (Å²) >= 11 is 1.12. The smallest absolute Gasteiger partial charge is 0.342 e. The number of carboxylic acids is 1. The number of aromatic nitrogens is 3.